The highest BCUT2D eigenvalue weighted by Gasteiger charge is 2.23. The van der Waals surface area contributed by atoms with Crippen molar-refractivity contribution in [1.82, 2.24) is 9.55 Å². The minimum Gasteiger partial charge on any atom is -0.497 e. The van der Waals surface area contributed by atoms with Gasteiger partial charge in [0.05, 0.1) is 18.2 Å². The highest BCUT2D eigenvalue weighted by atomic mass is 32.2. The molecule has 0 radical (unpaired) electrons. The number of thiophene rings is 1. The molecule has 0 bridgehead atoms. The van der Waals surface area contributed by atoms with Crippen molar-refractivity contribution in [3.05, 3.63) is 45.1 Å². The third-order valence-electron chi connectivity index (χ3n) is 4.97. The number of hydrogen-bond donors (Lipinski definition) is 0. The fraction of sp³-hybridized carbons (Fsp3) is 0.429. The average molecular weight is 401 g/mol. The molecule has 0 saturated carbocycles. The minimum atomic E-state index is 0.0663. The third kappa shape index (κ3) is 3.52. The molecule has 4 nitrogen and oxygen atoms in total. The monoisotopic (exact) mass is 400 g/mol. The fourth-order valence-corrected chi connectivity index (χ4v) is 6.02. The van der Waals surface area contributed by atoms with Crippen LogP contribution in [0.4, 0.5) is 0 Å². The average Bonchev–Trinajstić information content (AvgIpc) is 3.22. The summed E-state index contributed by atoms with van der Waals surface area (Å²) in [7, 11) is 1.65. The molecule has 2 aromatic heterocycles. The van der Waals surface area contributed by atoms with Gasteiger partial charge in [0.1, 0.15) is 10.6 Å². The number of benzene rings is 1. The van der Waals surface area contributed by atoms with Crippen LogP contribution in [0.2, 0.25) is 0 Å². The first-order valence-corrected chi connectivity index (χ1v) is 11.2. The van der Waals surface area contributed by atoms with Crippen molar-refractivity contribution in [2.24, 2.45) is 5.92 Å². The number of methoxy groups -OCH3 is 1. The lowest BCUT2D eigenvalue weighted by Gasteiger charge is -2.13. The van der Waals surface area contributed by atoms with Gasteiger partial charge in [0, 0.05) is 10.6 Å². The zero-order valence-corrected chi connectivity index (χ0v) is 17.6. The van der Waals surface area contributed by atoms with Crippen LogP contribution in [0.25, 0.3) is 15.9 Å². The van der Waals surface area contributed by atoms with Crippen LogP contribution in [0.3, 0.4) is 0 Å². The van der Waals surface area contributed by atoms with Crippen LogP contribution in [0.1, 0.15) is 37.1 Å². The highest BCUT2D eigenvalue weighted by molar-refractivity contribution is 7.99. The summed E-state index contributed by atoms with van der Waals surface area (Å²) < 4.78 is 7.06. The highest BCUT2D eigenvalue weighted by Crippen LogP contribution is 2.36. The summed E-state index contributed by atoms with van der Waals surface area (Å²) in [5, 5.41) is 1.62. The van der Waals surface area contributed by atoms with Crippen LogP contribution >= 0.6 is 23.1 Å². The largest absolute Gasteiger partial charge is 0.497 e. The minimum absolute atomic E-state index is 0.0663. The molecule has 142 valence electrons. The molecule has 0 N–H and O–H groups in total. The summed E-state index contributed by atoms with van der Waals surface area (Å²) in [6, 6.07) is 7.67. The van der Waals surface area contributed by atoms with Gasteiger partial charge in [-0.25, -0.2) is 4.98 Å². The van der Waals surface area contributed by atoms with Crippen molar-refractivity contribution in [2.75, 3.05) is 12.9 Å². The third-order valence-corrected chi connectivity index (χ3v) is 7.12. The predicted octanol–water partition coefficient (Wildman–Crippen LogP) is 5.08. The standard InChI is InChI=1S/C21H24N2O2S2/c1-13(2)11-12-26-21-22-19-18(16-5-4-6-17(16)27-19)20(24)23(21)14-7-9-15(25-3)10-8-14/h7-10,13H,4-6,11-12H2,1-3H3. The number of thioether (sulfide) groups is 1. The summed E-state index contributed by atoms with van der Waals surface area (Å²) >= 11 is 3.38. The second-order valence-corrected chi connectivity index (χ2v) is 9.45. The van der Waals surface area contributed by atoms with E-state index < -0.39 is 0 Å². The number of fused-ring (bicyclic) bond motifs is 3. The van der Waals surface area contributed by atoms with Gasteiger partial charge in [-0.15, -0.1) is 11.3 Å². The summed E-state index contributed by atoms with van der Waals surface area (Å²) in [5.41, 5.74) is 2.14. The second kappa shape index (κ2) is 7.68. The van der Waals surface area contributed by atoms with Crippen LogP contribution in [-0.2, 0) is 12.8 Å². The van der Waals surface area contributed by atoms with Gasteiger partial charge in [0.25, 0.3) is 5.56 Å². The summed E-state index contributed by atoms with van der Waals surface area (Å²) in [5.74, 6) is 2.37. The lowest BCUT2D eigenvalue weighted by molar-refractivity contribution is 0.414. The van der Waals surface area contributed by atoms with E-state index in [9.17, 15) is 4.79 Å². The Kier molecular flexibility index (Phi) is 5.28. The van der Waals surface area contributed by atoms with E-state index in [0.717, 1.165) is 58.2 Å². The first-order valence-electron chi connectivity index (χ1n) is 9.43. The van der Waals surface area contributed by atoms with E-state index in [1.807, 2.05) is 24.3 Å². The van der Waals surface area contributed by atoms with Crippen molar-refractivity contribution in [1.29, 1.82) is 0 Å². The van der Waals surface area contributed by atoms with Crippen molar-refractivity contribution in [2.45, 2.75) is 44.7 Å². The van der Waals surface area contributed by atoms with Gasteiger partial charge in [0.15, 0.2) is 5.16 Å². The second-order valence-electron chi connectivity index (χ2n) is 7.30. The molecule has 2 heterocycles. The SMILES string of the molecule is COc1ccc(-n2c(SCCC(C)C)nc3sc4c(c3c2=O)CCC4)cc1. The van der Waals surface area contributed by atoms with Crippen LogP contribution in [0.5, 0.6) is 5.75 Å². The molecule has 1 aliphatic rings. The van der Waals surface area contributed by atoms with Crippen molar-refractivity contribution in [3.8, 4) is 11.4 Å². The molecule has 1 aromatic carbocycles. The van der Waals surface area contributed by atoms with E-state index in [0.29, 0.717) is 5.92 Å². The van der Waals surface area contributed by atoms with E-state index in [4.69, 9.17) is 9.72 Å². The van der Waals surface area contributed by atoms with Gasteiger partial charge in [-0.1, -0.05) is 25.6 Å². The maximum Gasteiger partial charge on any atom is 0.267 e. The number of nitrogens with zero attached hydrogens (tertiary/aromatic N) is 2. The number of aromatic nitrogens is 2. The van der Waals surface area contributed by atoms with Gasteiger partial charge in [-0.3, -0.25) is 9.36 Å². The van der Waals surface area contributed by atoms with Crippen molar-refractivity contribution in [3.63, 3.8) is 0 Å². The molecule has 27 heavy (non-hydrogen) atoms. The molecule has 1 aliphatic carbocycles. The molecule has 0 saturated heterocycles. The first kappa shape index (κ1) is 18.6. The number of hydrogen-bond acceptors (Lipinski definition) is 5. The first-order chi connectivity index (χ1) is 13.1. The van der Waals surface area contributed by atoms with Crippen molar-refractivity contribution >= 4 is 33.3 Å². The van der Waals surface area contributed by atoms with Gasteiger partial charge in [0.2, 0.25) is 0 Å². The van der Waals surface area contributed by atoms with Crippen LogP contribution in [0.15, 0.2) is 34.2 Å². The number of aryl methyl sites for hydroxylation is 2. The Morgan fingerprint density at radius 3 is 2.74 bits per heavy atom. The lowest BCUT2D eigenvalue weighted by Crippen LogP contribution is -2.22. The van der Waals surface area contributed by atoms with Gasteiger partial charge >= 0.3 is 0 Å². The molecular weight excluding hydrogens is 376 g/mol. The Morgan fingerprint density at radius 2 is 2.04 bits per heavy atom. The Labute approximate surface area is 167 Å². The van der Waals surface area contributed by atoms with Crippen LogP contribution in [-0.4, -0.2) is 22.4 Å². The lowest BCUT2D eigenvalue weighted by atomic mass is 10.2. The normalized spacial score (nSPS) is 13.5. The molecule has 3 aromatic rings. The topological polar surface area (TPSA) is 44.1 Å². The van der Waals surface area contributed by atoms with Gasteiger partial charge in [-0.05, 0) is 61.4 Å². The maximum atomic E-state index is 13.5. The quantitative estimate of drug-likeness (QED) is 0.427. The van der Waals surface area contributed by atoms with E-state index in [1.54, 1.807) is 34.8 Å². The Bertz CT molecular complexity index is 1020. The molecule has 0 unspecified atom stereocenters. The molecular formula is C21H24N2O2S2. The van der Waals surface area contributed by atoms with E-state index in [2.05, 4.69) is 13.8 Å². The summed E-state index contributed by atoms with van der Waals surface area (Å²) in [4.78, 5) is 20.7. The molecule has 0 amide bonds. The molecule has 0 aliphatic heterocycles. The van der Waals surface area contributed by atoms with Crippen LogP contribution < -0.4 is 10.3 Å². The molecule has 0 spiro atoms. The van der Waals surface area contributed by atoms with E-state index >= 15 is 0 Å². The Morgan fingerprint density at radius 1 is 1.26 bits per heavy atom. The van der Waals surface area contributed by atoms with Gasteiger partial charge < -0.3 is 4.74 Å². The fourth-order valence-electron chi connectivity index (χ4n) is 3.47. The zero-order chi connectivity index (χ0) is 19.0. The smallest absolute Gasteiger partial charge is 0.267 e. The predicted molar refractivity (Wildman–Crippen MR) is 114 cm³/mol. The molecule has 0 atom stereocenters. The Hall–Kier alpha value is -1.79. The van der Waals surface area contributed by atoms with Crippen LogP contribution in [0, 0.1) is 5.92 Å². The molecule has 6 heteroatoms. The zero-order valence-electron chi connectivity index (χ0n) is 15.9. The number of ether oxygens (including phenoxy) is 1. The molecule has 0 fully saturated rings. The van der Waals surface area contributed by atoms with Crippen molar-refractivity contribution < 1.29 is 4.74 Å². The summed E-state index contributed by atoms with van der Waals surface area (Å²) in [6.07, 6.45) is 4.31. The van der Waals surface area contributed by atoms with E-state index in [1.165, 1.54) is 10.4 Å². The molecule has 4 rings (SSSR count). The summed E-state index contributed by atoms with van der Waals surface area (Å²) in [6.45, 7) is 4.44. The maximum absolute atomic E-state index is 13.5. The number of rotatable bonds is 6. The van der Waals surface area contributed by atoms with Gasteiger partial charge in [-0.2, -0.15) is 0 Å². The Balaban J connectivity index is 1.86. The van der Waals surface area contributed by atoms with E-state index in [-0.39, 0.29) is 5.56 Å².